The molecule has 2 heteroatoms. The molecule has 2 atom stereocenters. The highest BCUT2D eigenvalue weighted by molar-refractivity contribution is 5.87. The van der Waals surface area contributed by atoms with Crippen LogP contribution in [0.2, 0.25) is 0 Å². The third kappa shape index (κ3) is 4.33. The SMILES string of the molecule is CC(=NOCc1ccccc1)C1(C)CC(C)CC(C)(C)C1. The molecule has 0 N–H and O–H groups in total. The Morgan fingerprint density at radius 2 is 1.86 bits per heavy atom. The molecule has 1 aliphatic rings. The van der Waals surface area contributed by atoms with Crippen molar-refractivity contribution in [1.82, 2.24) is 0 Å². The molecule has 1 saturated carbocycles. The normalized spacial score (nSPS) is 29.2. The van der Waals surface area contributed by atoms with E-state index < -0.39 is 0 Å². The zero-order valence-electron chi connectivity index (χ0n) is 14.1. The van der Waals surface area contributed by atoms with Gasteiger partial charge in [-0.3, -0.25) is 0 Å². The molecule has 0 bridgehead atoms. The summed E-state index contributed by atoms with van der Waals surface area (Å²) in [5.41, 5.74) is 2.86. The molecular formula is C19H29NO. The van der Waals surface area contributed by atoms with E-state index in [2.05, 4.69) is 51.9 Å². The van der Waals surface area contributed by atoms with Gasteiger partial charge in [-0.05, 0) is 43.1 Å². The number of benzene rings is 1. The summed E-state index contributed by atoms with van der Waals surface area (Å²) in [6.45, 7) is 12.1. The fourth-order valence-electron chi connectivity index (χ4n) is 4.15. The summed E-state index contributed by atoms with van der Waals surface area (Å²) in [6, 6.07) is 10.2. The molecule has 1 fully saturated rings. The van der Waals surface area contributed by atoms with E-state index in [1.807, 2.05) is 18.2 Å². The van der Waals surface area contributed by atoms with E-state index in [0.29, 0.717) is 12.0 Å². The summed E-state index contributed by atoms with van der Waals surface area (Å²) in [6.07, 6.45) is 3.70. The van der Waals surface area contributed by atoms with Crippen LogP contribution in [0.4, 0.5) is 0 Å². The van der Waals surface area contributed by atoms with Crippen molar-refractivity contribution in [2.24, 2.45) is 21.9 Å². The van der Waals surface area contributed by atoms with Crippen molar-refractivity contribution in [3.8, 4) is 0 Å². The first-order valence-corrected chi connectivity index (χ1v) is 8.02. The van der Waals surface area contributed by atoms with Crippen molar-refractivity contribution in [1.29, 1.82) is 0 Å². The molecule has 0 heterocycles. The molecular weight excluding hydrogens is 258 g/mol. The van der Waals surface area contributed by atoms with E-state index in [9.17, 15) is 0 Å². The fraction of sp³-hybridized carbons (Fsp3) is 0.632. The third-order valence-corrected chi connectivity index (χ3v) is 4.72. The number of oxime groups is 1. The van der Waals surface area contributed by atoms with E-state index in [0.717, 1.165) is 17.2 Å². The van der Waals surface area contributed by atoms with Crippen molar-refractivity contribution in [3.63, 3.8) is 0 Å². The Morgan fingerprint density at radius 1 is 1.19 bits per heavy atom. The maximum Gasteiger partial charge on any atom is 0.142 e. The second-order valence-corrected chi connectivity index (χ2v) is 7.85. The average Bonchev–Trinajstić information content (AvgIpc) is 2.37. The Labute approximate surface area is 129 Å². The molecule has 0 saturated heterocycles. The predicted molar refractivity (Wildman–Crippen MR) is 89.2 cm³/mol. The van der Waals surface area contributed by atoms with E-state index >= 15 is 0 Å². The minimum atomic E-state index is 0.165. The van der Waals surface area contributed by atoms with E-state index in [1.165, 1.54) is 19.3 Å². The maximum atomic E-state index is 5.59. The summed E-state index contributed by atoms with van der Waals surface area (Å²) >= 11 is 0. The summed E-state index contributed by atoms with van der Waals surface area (Å²) in [7, 11) is 0. The largest absolute Gasteiger partial charge is 0.391 e. The first kappa shape index (κ1) is 16.1. The lowest BCUT2D eigenvalue weighted by atomic mass is 9.59. The van der Waals surface area contributed by atoms with Gasteiger partial charge in [-0.2, -0.15) is 0 Å². The number of rotatable bonds is 4. The van der Waals surface area contributed by atoms with Gasteiger partial charge >= 0.3 is 0 Å². The molecule has 0 aromatic heterocycles. The van der Waals surface area contributed by atoms with Crippen molar-refractivity contribution >= 4 is 5.71 Å². The van der Waals surface area contributed by atoms with Gasteiger partial charge < -0.3 is 4.84 Å². The van der Waals surface area contributed by atoms with Crippen LogP contribution in [0.1, 0.15) is 59.4 Å². The summed E-state index contributed by atoms with van der Waals surface area (Å²) < 4.78 is 0. The molecule has 0 radical (unpaired) electrons. The van der Waals surface area contributed by atoms with Crippen LogP contribution in [0.3, 0.4) is 0 Å². The number of hydrogen-bond acceptors (Lipinski definition) is 2. The molecule has 2 nitrogen and oxygen atoms in total. The van der Waals surface area contributed by atoms with Gasteiger partial charge in [-0.1, -0.05) is 63.2 Å². The van der Waals surface area contributed by atoms with Gasteiger partial charge in [0.05, 0.1) is 5.71 Å². The average molecular weight is 287 g/mol. The second-order valence-electron chi connectivity index (χ2n) is 7.85. The molecule has 1 aromatic rings. The van der Waals surface area contributed by atoms with Gasteiger partial charge in [0.25, 0.3) is 0 Å². The summed E-state index contributed by atoms with van der Waals surface area (Å²) in [5.74, 6) is 0.748. The Balaban J connectivity index is 2.00. The lowest BCUT2D eigenvalue weighted by molar-refractivity contribution is 0.0932. The van der Waals surface area contributed by atoms with Crippen molar-refractivity contribution < 1.29 is 4.84 Å². The second kappa shape index (κ2) is 6.21. The number of nitrogens with zero attached hydrogens (tertiary/aromatic N) is 1. The topological polar surface area (TPSA) is 21.6 Å². The van der Waals surface area contributed by atoms with Gasteiger partial charge in [0, 0.05) is 5.41 Å². The molecule has 1 aromatic carbocycles. The Morgan fingerprint density at radius 3 is 2.48 bits per heavy atom. The minimum Gasteiger partial charge on any atom is -0.391 e. The standard InChI is InChI=1S/C19H29NO/c1-15-11-18(3,4)14-19(5,12-15)16(2)20-21-13-17-9-7-6-8-10-17/h6-10,15H,11-14H2,1-5H3. The highest BCUT2D eigenvalue weighted by Crippen LogP contribution is 2.49. The van der Waals surface area contributed by atoms with E-state index in [4.69, 9.17) is 4.84 Å². The van der Waals surface area contributed by atoms with E-state index in [1.54, 1.807) is 0 Å². The quantitative estimate of drug-likeness (QED) is 0.534. The number of hydrogen-bond donors (Lipinski definition) is 0. The molecule has 116 valence electrons. The van der Waals surface area contributed by atoms with Gasteiger partial charge in [0.1, 0.15) is 6.61 Å². The fourth-order valence-corrected chi connectivity index (χ4v) is 4.15. The lowest BCUT2D eigenvalue weighted by Gasteiger charge is -2.45. The molecule has 0 spiro atoms. The summed E-state index contributed by atoms with van der Waals surface area (Å²) in [5, 5.41) is 4.43. The van der Waals surface area contributed by atoms with Gasteiger partial charge in [0.15, 0.2) is 0 Å². The molecule has 21 heavy (non-hydrogen) atoms. The molecule has 1 aliphatic carbocycles. The van der Waals surface area contributed by atoms with Crippen LogP contribution in [0.15, 0.2) is 35.5 Å². The zero-order chi connectivity index (χ0) is 15.5. The lowest BCUT2D eigenvalue weighted by Crippen LogP contribution is -2.39. The van der Waals surface area contributed by atoms with Crippen LogP contribution >= 0.6 is 0 Å². The van der Waals surface area contributed by atoms with Crippen LogP contribution in [0, 0.1) is 16.7 Å². The molecule has 2 unspecified atom stereocenters. The smallest absolute Gasteiger partial charge is 0.142 e. The predicted octanol–water partition coefficient (Wildman–Crippen LogP) is 5.43. The van der Waals surface area contributed by atoms with Crippen molar-refractivity contribution in [2.75, 3.05) is 0 Å². The van der Waals surface area contributed by atoms with Gasteiger partial charge in [-0.15, -0.1) is 0 Å². The Kier molecular flexibility index (Phi) is 4.75. The minimum absolute atomic E-state index is 0.165. The maximum absolute atomic E-state index is 5.59. The van der Waals surface area contributed by atoms with Crippen LogP contribution in [-0.4, -0.2) is 5.71 Å². The van der Waals surface area contributed by atoms with Crippen LogP contribution in [-0.2, 0) is 11.4 Å². The Hall–Kier alpha value is -1.31. The van der Waals surface area contributed by atoms with Crippen LogP contribution in [0.5, 0.6) is 0 Å². The summed E-state index contributed by atoms with van der Waals surface area (Å²) in [4.78, 5) is 5.59. The first-order chi connectivity index (χ1) is 9.81. The molecule has 0 amide bonds. The van der Waals surface area contributed by atoms with Crippen LogP contribution in [0.25, 0.3) is 0 Å². The third-order valence-electron chi connectivity index (χ3n) is 4.72. The zero-order valence-corrected chi connectivity index (χ0v) is 14.1. The van der Waals surface area contributed by atoms with Gasteiger partial charge in [-0.25, -0.2) is 0 Å². The van der Waals surface area contributed by atoms with Crippen molar-refractivity contribution in [2.45, 2.75) is 60.5 Å². The van der Waals surface area contributed by atoms with Gasteiger partial charge in [0.2, 0.25) is 0 Å². The Bertz CT molecular complexity index is 492. The molecule has 0 aliphatic heterocycles. The highest BCUT2D eigenvalue weighted by Gasteiger charge is 2.41. The highest BCUT2D eigenvalue weighted by atomic mass is 16.6. The first-order valence-electron chi connectivity index (χ1n) is 8.02. The van der Waals surface area contributed by atoms with Crippen LogP contribution < -0.4 is 0 Å². The van der Waals surface area contributed by atoms with E-state index in [-0.39, 0.29) is 5.41 Å². The molecule has 2 rings (SSSR count). The monoisotopic (exact) mass is 287 g/mol. The van der Waals surface area contributed by atoms with Crippen molar-refractivity contribution in [3.05, 3.63) is 35.9 Å².